The molecule has 0 saturated carbocycles. The Balaban J connectivity index is 3.35. The van der Waals surface area contributed by atoms with Crippen LogP contribution in [-0.2, 0) is 6.61 Å². The molecule has 1 aromatic rings. The number of aliphatic hydroxyl groups is 1. The minimum absolute atomic E-state index is 0.279. The summed E-state index contributed by atoms with van der Waals surface area (Å²) in [6.07, 6.45) is -2.40. The lowest BCUT2D eigenvalue weighted by atomic mass is 10.1. The molecule has 6 heteroatoms. The normalized spacial score (nSPS) is 10.8. The average Bonchev–Trinajstić information content (AvgIpc) is 2.07. The summed E-state index contributed by atoms with van der Waals surface area (Å²) in [6, 6.07) is 0. The number of alkyl halides is 2. The van der Waals surface area contributed by atoms with Gasteiger partial charge in [0, 0.05) is 5.56 Å². The number of hydrogen-bond donors (Lipinski definition) is 2. The molecule has 0 bridgehead atoms. The van der Waals surface area contributed by atoms with Crippen molar-refractivity contribution in [3.63, 3.8) is 0 Å². The zero-order valence-corrected chi connectivity index (χ0v) is 6.47. The van der Waals surface area contributed by atoms with Crippen molar-refractivity contribution >= 4 is 5.82 Å². The smallest absolute Gasteiger partial charge is 0.267 e. The number of hydrogen-bond acceptors (Lipinski definition) is 3. The molecule has 0 aromatic carbocycles. The molecule has 3 nitrogen and oxygen atoms in total. The molecule has 13 heavy (non-hydrogen) atoms. The number of nitrogen functional groups attached to an aromatic ring is 1. The van der Waals surface area contributed by atoms with Crippen molar-refractivity contribution in [3.8, 4) is 0 Å². The lowest BCUT2D eigenvalue weighted by molar-refractivity contribution is 0.141. The third-order valence-corrected chi connectivity index (χ3v) is 1.58. The highest BCUT2D eigenvalue weighted by atomic mass is 19.3. The van der Waals surface area contributed by atoms with Crippen LogP contribution in [0.1, 0.15) is 17.6 Å². The Hall–Kier alpha value is -1.30. The van der Waals surface area contributed by atoms with Gasteiger partial charge < -0.3 is 10.8 Å². The first-order valence-electron chi connectivity index (χ1n) is 3.39. The van der Waals surface area contributed by atoms with Gasteiger partial charge in [-0.1, -0.05) is 0 Å². The average molecular weight is 192 g/mol. The Morgan fingerprint density at radius 2 is 2.15 bits per heavy atom. The highest BCUT2D eigenvalue weighted by Crippen LogP contribution is 2.28. The summed E-state index contributed by atoms with van der Waals surface area (Å²) in [7, 11) is 0. The number of pyridine rings is 1. The second-order valence-corrected chi connectivity index (χ2v) is 2.34. The van der Waals surface area contributed by atoms with Crippen LogP contribution < -0.4 is 5.73 Å². The van der Waals surface area contributed by atoms with Gasteiger partial charge in [-0.2, -0.15) is 0 Å². The van der Waals surface area contributed by atoms with Gasteiger partial charge in [0.2, 0.25) is 0 Å². The van der Waals surface area contributed by atoms with E-state index in [0.29, 0.717) is 6.20 Å². The number of aliphatic hydroxyl groups excluding tert-OH is 1. The van der Waals surface area contributed by atoms with Crippen LogP contribution in [0.3, 0.4) is 0 Å². The van der Waals surface area contributed by atoms with E-state index in [4.69, 9.17) is 10.8 Å². The van der Waals surface area contributed by atoms with Gasteiger partial charge in [0.25, 0.3) is 6.43 Å². The van der Waals surface area contributed by atoms with Crippen LogP contribution in [0, 0.1) is 5.82 Å². The van der Waals surface area contributed by atoms with Crippen molar-refractivity contribution in [3.05, 3.63) is 23.1 Å². The number of halogens is 3. The van der Waals surface area contributed by atoms with Gasteiger partial charge in [-0.3, -0.25) is 0 Å². The number of nitrogens with zero attached hydrogens (tertiary/aromatic N) is 1. The van der Waals surface area contributed by atoms with Crippen LogP contribution in [-0.4, -0.2) is 10.1 Å². The molecule has 1 rings (SSSR count). The first-order valence-corrected chi connectivity index (χ1v) is 3.39. The van der Waals surface area contributed by atoms with Gasteiger partial charge in [0.1, 0.15) is 5.82 Å². The van der Waals surface area contributed by atoms with Crippen molar-refractivity contribution in [2.24, 2.45) is 0 Å². The van der Waals surface area contributed by atoms with Crippen LogP contribution in [0.15, 0.2) is 6.20 Å². The molecule has 0 aliphatic heterocycles. The van der Waals surface area contributed by atoms with E-state index in [-0.39, 0.29) is 11.4 Å². The fraction of sp³-hybridized carbons (Fsp3) is 0.286. The molecule has 72 valence electrons. The Bertz CT molecular complexity index is 317. The van der Waals surface area contributed by atoms with E-state index in [1.54, 1.807) is 0 Å². The molecular weight excluding hydrogens is 185 g/mol. The molecule has 0 fully saturated rings. The SMILES string of the molecule is Nc1ncc(F)c(C(F)F)c1CO. The Morgan fingerprint density at radius 1 is 1.54 bits per heavy atom. The van der Waals surface area contributed by atoms with Gasteiger partial charge >= 0.3 is 0 Å². The third-order valence-electron chi connectivity index (χ3n) is 1.58. The zero-order chi connectivity index (χ0) is 10.0. The first-order chi connectivity index (χ1) is 6.07. The van der Waals surface area contributed by atoms with Crippen molar-refractivity contribution in [1.82, 2.24) is 4.98 Å². The zero-order valence-electron chi connectivity index (χ0n) is 6.47. The minimum atomic E-state index is -3.01. The van der Waals surface area contributed by atoms with E-state index in [1.165, 1.54) is 0 Å². The van der Waals surface area contributed by atoms with E-state index >= 15 is 0 Å². The molecule has 0 unspecified atom stereocenters. The molecule has 0 radical (unpaired) electrons. The highest BCUT2D eigenvalue weighted by molar-refractivity contribution is 5.44. The summed E-state index contributed by atoms with van der Waals surface area (Å²) < 4.78 is 37.2. The van der Waals surface area contributed by atoms with Gasteiger partial charge in [0.05, 0.1) is 18.4 Å². The van der Waals surface area contributed by atoms with Crippen LogP contribution >= 0.6 is 0 Å². The first kappa shape index (κ1) is 9.79. The highest BCUT2D eigenvalue weighted by Gasteiger charge is 2.20. The van der Waals surface area contributed by atoms with Crippen molar-refractivity contribution < 1.29 is 18.3 Å². The fourth-order valence-corrected chi connectivity index (χ4v) is 0.958. The second-order valence-electron chi connectivity index (χ2n) is 2.34. The standard InChI is InChI=1S/C7H7F3N2O/c8-4-1-12-7(11)3(2-13)5(4)6(9)10/h1,6,13H,2H2,(H2,11,12). The van der Waals surface area contributed by atoms with Crippen LogP contribution in [0.25, 0.3) is 0 Å². The van der Waals surface area contributed by atoms with E-state index in [1.807, 2.05) is 0 Å². The van der Waals surface area contributed by atoms with Crippen molar-refractivity contribution in [2.75, 3.05) is 5.73 Å². The molecule has 0 spiro atoms. The largest absolute Gasteiger partial charge is 0.392 e. The molecular formula is C7H7F3N2O. The Kier molecular flexibility index (Phi) is 2.72. The quantitative estimate of drug-likeness (QED) is 0.740. The van der Waals surface area contributed by atoms with E-state index in [2.05, 4.69) is 4.98 Å². The van der Waals surface area contributed by atoms with Crippen LogP contribution in [0.5, 0.6) is 0 Å². The maximum absolute atomic E-state index is 12.8. The Labute approximate surface area is 72.0 Å². The second kappa shape index (κ2) is 3.61. The monoisotopic (exact) mass is 192 g/mol. The number of aromatic nitrogens is 1. The van der Waals surface area contributed by atoms with Gasteiger partial charge in [0.15, 0.2) is 5.82 Å². The van der Waals surface area contributed by atoms with Crippen molar-refractivity contribution in [2.45, 2.75) is 13.0 Å². The summed E-state index contributed by atoms with van der Waals surface area (Å²) in [5.74, 6) is -1.44. The maximum Gasteiger partial charge on any atom is 0.267 e. The Morgan fingerprint density at radius 3 is 2.54 bits per heavy atom. The molecule has 0 saturated heterocycles. The van der Waals surface area contributed by atoms with Gasteiger partial charge in [-0.15, -0.1) is 0 Å². The molecule has 0 amide bonds. The molecule has 3 N–H and O–H groups in total. The molecule has 1 aromatic heterocycles. The molecule has 0 aliphatic carbocycles. The topological polar surface area (TPSA) is 59.1 Å². The number of rotatable bonds is 2. The fourth-order valence-electron chi connectivity index (χ4n) is 0.958. The van der Waals surface area contributed by atoms with Crippen LogP contribution in [0.4, 0.5) is 19.0 Å². The minimum Gasteiger partial charge on any atom is -0.392 e. The van der Waals surface area contributed by atoms with Crippen molar-refractivity contribution in [1.29, 1.82) is 0 Å². The van der Waals surface area contributed by atoms with Gasteiger partial charge in [-0.25, -0.2) is 18.2 Å². The summed E-state index contributed by atoms with van der Waals surface area (Å²) in [5.41, 5.74) is 3.94. The van der Waals surface area contributed by atoms with Gasteiger partial charge in [-0.05, 0) is 0 Å². The van der Waals surface area contributed by atoms with E-state index < -0.39 is 24.4 Å². The predicted octanol–water partition coefficient (Wildman–Crippen LogP) is 1.23. The van der Waals surface area contributed by atoms with E-state index in [9.17, 15) is 13.2 Å². The predicted molar refractivity (Wildman–Crippen MR) is 39.5 cm³/mol. The molecule has 0 aliphatic rings. The summed E-state index contributed by atoms with van der Waals surface area (Å²) >= 11 is 0. The summed E-state index contributed by atoms with van der Waals surface area (Å²) in [5, 5.41) is 8.65. The lowest BCUT2D eigenvalue weighted by Gasteiger charge is -2.08. The molecule has 1 heterocycles. The number of nitrogens with two attached hydrogens (primary N) is 1. The summed E-state index contributed by atoms with van der Waals surface area (Å²) in [4.78, 5) is 3.30. The number of anilines is 1. The van der Waals surface area contributed by atoms with Crippen LogP contribution in [0.2, 0.25) is 0 Å². The molecule has 0 atom stereocenters. The van der Waals surface area contributed by atoms with E-state index in [0.717, 1.165) is 0 Å². The summed E-state index contributed by atoms with van der Waals surface area (Å²) in [6.45, 7) is -0.754. The maximum atomic E-state index is 12.8. The third kappa shape index (κ3) is 1.72. The lowest BCUT2D eigenvalue weighted by Crippen LogP contribution is -2.06.